The largest absolute Gasteiger partial charge is 0.346 e. The van der Waals surface area contributed by atoms with Crippen molar-refractivity contribution in [1.29, 1.82) is 0 Å². The molecule has 1 aliphatic rings. The minimum Gasteiger partial charge on any atom is -0.346 e. The number of carbonyl (C=O) groups is 1. The Morgan fingerprint density at radius 2 is 2.04 bits per heavy atom. The third-order valence-electron chi connectivity index (χ3n) is 4.28. The third kappa shape index (κ3) is 3.18. The molecular formula is C17H16FN4O2S+. The molecule has 1 saturated heterocycles. The van der Waals surface area contributed by atoms with Gasteiger partial charge in [0.05, 0.1) is 18.5 Å². The van der Waals surface area contributed by atoms with E-state index in [-0.39, 0.29) is 17.3 Å². The number of aromatic amines is 1. The summed E-state index contributed by atoms with van der Waals surface area (Å²) in [6, 6.07) is 6.06. The molecule has 1 aromatic carbocycles. The van der Waals surface area contributed by atoms with Crippen molar-refractivity contribution in [3.05, 3.63) is 51.6 Å². The number of H-pyrrole nitrogens is 1. The third-order valence-corrected chi connectivity index (χ3v) is 5.15. The van der Waals surface area contributed by atoms with Crippen LogP contribution in [0.2, 0.25) is 0 Å². The molecule has 1 atom stereocenters. The van der Waals surface area contributed by atoms with E-state index < -0.39 is 0 Å². The lowest BCUT2D eigenvalue weighted by Gasteiger charge is -2.22. The van der Waals surface area contributed by atoms with Gasteiger partial charge < -0.3 is 15.2 Å². The summed E-state index contributed by atoms with van der Waals surface area (Å²) in [5.74, 6) is 0.278. The summed E-state index contributed by atoms with van der Waals surface area (Å²) >= 11 is 1.39. The number of piperazine rings is 1. The van der Waals surface area contributed by atoms with Gasteiger partial charge in [-0.2, -0.15) is 0 Å². The minimum atomic E-state index is -0.314. The van der Waals surface area contributed by atoms with Gasteiger partial charge in [0.2, 0.25) is 0 Å². The number of nitrogens with zero attached hydrogens (tertiary/aromatic N) is 1. The van der Waals surface area contributed by atoms with Crippen LogP contribution in [0.4, 0.5) is 4.39 Å². The number of amides is 1. The smallest absolute Gasteiger partial charge is 0.275 e. The summed E-state index contributed by atoms with van der Waals surface area (Å²) in [5.41, 5.74) is 1.33. The molecule has 1 fully saturated rings. The van der Waals surface area contributed by atoms with Crippen molar-refractivity contribution in [2.24, 2.45) is 0 Å². The Morgan fingerprint density at radius 1 is 1.24 bits per heavy atom. The van der Waals surface area contributed by atoms with Gasteiger partial charge in [-0.05, 0) is 17.7 Å². The van der Waals surface area contributed by atoms with Gasteiger partial charge in [0.15, 0.2) is 12.4 Å². The Morgan fingerprint density at radius 3 is 2.80 bits per heavy atom. The fourth-order valence-corrected chi connectivity index (χ4v) is 4.03. The van der Waals surface area contributed by atoms with E-state index >= 15 is 0 Å². The quantitative estimate of drug-likeness (QED) is 0.630. The molecule has 2 aromatic heterocycles. The summed E-state index contributed by atoms with van der Waals surface area (Å²) < 4.78 is 13.1. The van der Waals surface area contributed by atoms with Crippen LogP contribution < -0.4 is 15.8 Å². The zero-order valence-corrected chi connectivity index (χ0v) is 14.1. The number of thiophene rings is 1. The Hall–Kier alpha value is -2.58. The predicted octanol–water partition coefficient (Wildman–Crippen LogP) is 0.305. The second kappa shape index (κ2) is 6.38. The molecule has 0 radical (unpaired) electrons. The molecule has 3 aromatic rings. The van der Waals surface area contributed by atoms with Crippen LogP contribution in [0.3, 0.4) is 0 Å². The van der Waals surface area contributed by atoms with Crippen molar-refractivity contribution < 1.29 is 14.1 Å². The molecule has 4 rings (SSSR count). The van der Waals surface area contributed by atoms with Crippen LogP contribution in [0, 0.1) is 5.82 Å². The van der Waals surface area contributed by atoms with Gasteiger partial charge in [0.25, 0.3) is 11.5 Å². The number of hydrogen-bond acceptors (Lipinski definition) is 4. The molecule has 1 amide bonds. The SMILES string of the molecule is O=C1C[NH+](Cc2nc3scc(-c4ccc(F)cc4)c3c(=O)[nH]2)CCN1. The normalized spacial score (nSPS) is 17.6. The Bertz CT molecular complexity index is 996. The average molecular weight is 359 g/mol. The van der Waals surface area contributed by atoms with E-state index in [0.717, 1.165) is 22.6 Å². The van der Waals surface area contributed by atoms with E-state index in [4.69, 9.17) is 0 Å². The molecule has 8 heteroatoms. The average Bonchev–Trinajstić information content (AvgIpc) is 3.00. The fraction of sp³-hybridized carbons (Fsp3) is 0.235. The maximum atomic E-state index is 13.1. The number of carbonyl (C=O) groups excluding carboxylic acids is 1. The Kier molecular flexibility index (Phi) is 4.06. The standard InChI is InChI=1S/C17H15FN4O2S/c18-11-3-1-10(2-4-11)12-9-25-17-15(12)16(24)20-13(21-17)7-22-6-5-19-14(23)8-22/h1-4,9H,5-8H2,(H,19,23)(H,20,21,24)/p+1. The summed E-state index contributed by atoms with van der Waals surface area (Å²) in [6.45, 7) is 2.32. The zero-order chi connectivity index (χ0) is 17.4. The first-order valence-electron chi connectivity index (χ1n) is 7.97. The lowest BCUT2D eigenvalue weighted by atomic mass is 10.1. The maximum Gasteiger partial charge on any atom is 0.275 e. The topological polar surface area (TPSA) is 79.3 Å². The molecule has 0 saturated carbocycles. The van der Waals surface area contributed by atoms with Crippen LogP contribution in [0.15, 0.2) is 34.4 Å². The molecule has 1 unspecified atom stereocenters. The van der Waals surface area contributed by atoms with Crippen LogP contribution in [0.5, 0.6) is 0 Å². The maximum absolute atomic E-state index is 13.1. The van der Waals surface area contributed by atoms with E-state index in [1.807, 2.05) is 5.38 Å². The summed E-state index contributed by atoms with van der Waals surface area (Å²) in [4.78, 5) is 33.2. The molecule has 25 heavy (non-hydrogen) atoms. The second-order valence-corrected chi connectivity index (χ2v) is 6.91. The van der Waals surface area contributed by atoms with Crippen molar-refractivity contribution in [2.45, 2.75) is 6.54 Å². The van der Waals surface area contributed by atoms with E-state index in [9.17, 15) is 14.0 Å². The van der Waals surface area contributed by atoms with Crippen LogP contribution >= 0.6 is 11.3 Å². The van der Waals surface area contributed by atoms with Crippen LogP contribution in [0.1, 0.15) is 5.82 Å². The van der Waals surface area contributed by atoms with Crippen molar-refractivity contribution in [2.75, 3.05) is 19.6 Å². The van der Waals surface area contributed by atoms with E-state index in [2.05, 4.69) is 15.3 Å². The number of benzene rings is 1. The molecule has 0 bridgehead atoms. The molecule has 3 N–H and O–H groups in total. The zero-order valence-electron chi connectivity index (χ0n) is 13.3. The molecule has 0 aliphatic carbocycles. The fourth-order valence-electron chi connectivity index (χ4n) is 3.06. The van der Waals surface area contributed by atoms with Gasteiger partial charge in [-0.1, -0.05) is 12.1 Å². The highest BCUT2D eigenvalue weighted by atomic mass is 32.1. The van der Waals surface area contributed by atoms with Crippen molar-refractivity contribution in [1.82, 2.24) is 15.3 Å². The number of rotatable bonds is 3. The van der Waals surface area contributed by atoms with Crippen molar-refractivity contribution >= 4 is 27.5 Å². The van der Waals surface area contributed by atoms with Gasteiger partial charge in [-0.15, -0.1) is 11.3 Å². The summed E-state index contributed by atoms with van der Waals surface area (Å²) in [6.07, 6.45) is 0. The van der Waals surface area contributed by atoms with Crippen LogP contribution in [0.25, 0.3) is 21.3 Å². The number of nitrogens with one attached hydrogen (secondary N) is 3. The Balaban J connectivity index is 1.68. The highest BCUT2D eigenvalue weighted by Crippen LogP contribution is 2.30. The summed E-state index contributed by atoms with van der Waals surface area (Å²) in [5, 5.41) is 5.17. The van der Waals surface area contributed by atoms with Crippen molar-refractivity contribution in [3.63, 3.8) is 0 Å². The number of quaternary nitrogens is 1. The van der Waals surface area contributed by atoms with Crippen molar-refractivity contribution in [3.8, 4) is 11.1 Å². The van der Waals surface area contributed by atoms with Crippen LogP contribution in [-0.4, -0.2) is 35.5 Å². The Labute approximate surface area is 146 Å². The van der Waals surface area contributed by atoms with E-state index in [1.165, 1.54) is 23.5 Å². The first-order valence-corrected chi connectivity index (χ1v) is 8.85. The molecule has 6 nitrogen and oxygen atoms in total. The van der Waals surface area contributed by atoms with Crippen LogP contribution in [-0.2, 0) is 11.3 Å². The number of hydrogen-bond donors (Lipinski definition) is 3. The summed E-state index contributed by atoms with van der Waals surface area (Å²) in [7, 11) is 0. The second-order valence-electron chi connectivity index (χ2n) is 6.05. The van der Waals surface area contributed by atoms with Gasteiger partial charge >= 0.3 is 0 Å². The predicted molar refractivity (Wildman–Crippen MR) is 93.0 cm³/mol. The first-order chi connectivity index (χ1) is 12.1. The lowest BCUT2D eigenvalue weighted by Crippen LogP contribution is -3.14. The molecule has 128 valence electrons. The van der Waals surface area contributed by atoms with Gasteiger partial charge in [0, 0.05) is 10.9 Å². The first kappa shape index (κ1) is 15.9. The molecule has 1 aliphatic heterocycles. The highest BCUT2D eigenvalue weighted by molar-refractivity contribution is 7.17. The number of fused-ring (bicyclic) bond motifs is 1. The monoisotopic (exact) mass is 359 g/mol. The number of aromatic nitrogens is 2. The molecule has 0 spiro atoms. The van der Waals surface area contributed by atoms with E-state index in [1.54, 1.807) is 12.1 Å². The van der Waals surface area contributed by atoms with Gasteiger partial charge in [0.1, 0.15) is 17.2 Å². The van der Waals surface area contributed by atoms with Gasteiger partial charge in [-0.3, -0.25) is 9.59 Å². The molecule has 3 heterocycles. The van der Waals surface area contributed by atoms with Gasteiger partial charge in [-0.25, -0.2) is 9.37 Å². The lowest BCUT2D eigenvalue weighted by molar-refractivity contribution is -0.907. The minimum absolute atomic E-state index is 0.0133. The molecular weight excluding hydrogens is 343 g/mol. The highest BCUT2D eigenvalue weighted by Gasteiger charge is 2.21. The van der Waals surface area contributed by atoms with E-state index in [0.29, 0.717) is 35.7 Å². The number of halogens is 1.